The molecule has 0 saturated heterocycles. The predicted octanol–water partition coefficient (Wildman–Crippen LogP) is 0.904. The van der Waals surface area contributed by atoms with Crippen LogP contribution in [-0.2, 0) is 9.59 Å². The van der Waals surface area contributed by atoms with Crippen molar-refractivity contribution in [2.75, 3.05) is 6.54 Å². The van der Waals surface area contributed by atoms with Gasteiger partial charge in [-0.25, -0.2) is 0 Å². The van der Waals surface area contributed by atoms with Gasteiger partial charge in [-0.15, -0.1) is 0 Å². The Kier molecular flexibility index (Phi) is 9.47. The maximum absolute atomic E-state index is 10.1. The molecule has 0 rings (SSSR count). The van der Waals surface area contributed by atoms with E-state index in [1.807, 2.05) is 34.6 Å². The molecule has 0 aromatic carbocycles. The van der Waals surface area contributed by atoms with Gasteiger partial charge in [0.05, 0.1) is 6.54 Å². The molecule has 0 heterocycles. The summed E-state index contributed by atoms with van der Waals surface area (Å²) in [6, 6.07) is -0.690. The van der Waals surface area contributed by atoms with Crippen LogP contribution >= 0.6 is 0 Å². The highest BCUT2D eigenvalue weighted by Crippen LogP contribution is 2.01. The van der Waals surface area contributed by atoms with Crippen molar-refractivity contribution in [3.05, 3.63) is 0 Å². The van der Waals surface area contributed by atoms with E-state index in [1.54, 1.807) is 0 Å². The van der Waals surface area contributed by atoms with Gasteiger partial charge in [-0.3, -0.25) is 9.59 Å². The molecule has 6 heteroatoms. The van der Waals surface area contributed by atoms with Crippen molar-refractivity contribution >= 4 is 11.9 Å². The molecule has 0 spiro atoms. The quantitative estimate of drug-likeness (QED) is 0.585. The van der Waals surface area contributed by atoms with Gasteiger partial charge in [-0.2, -0.15) is 0 Å². The van der Waals surface area contributed by atoms with E-state index in [-0.39, 0.29) is 12.1 Å². The monoisotopic (exact) mass is 262 g/mol. The van der Waals surface area contributed by atoms with Gasteiger partial charge in [-0.1, -0.05) is 13.8 Å². The zero-order valence-corrected chi connectivity index (χ0v) is 11.9. The molecule has 0 aromatic heterocycles. The molecule has 1 unspecified atom stereocenters. The summed E-state index contributed by atoms with van der Waals surface area (Å²) in [5.41, 5.74) is 5.12. The van der Waals surface area contributed by atoms with Crippen LogP contribution in [0.25, 0.3) is 0 Å². The Bertz CT molecular complexity index is 259. The fourth-order valence-corrected chi connectivity index (χ4v) is 0.949. The van der Waals surface area contributed by atoms with Crippen LogP contribution < -0.4 is 11.1 Å². The molecule has 108 valence electrons. The van der Waals surface area contributed by atoms with E-state index in [0.29, 0.717) is 12.3 Å². The maximum atomic E-state index is 10.1. The molecular formula is C12H26N2O4. The minimum atomic E-state index is -0.913. The number of rotatable bonds is 5. The van der Waals surface area contributed by atoms with Gasteiger partial charge < -0.3 is 21.3 Å². The normalized spacial score (nSPS) is 12.6. The highest BCUT2D eigenvalue weighted by atomic mass is 16.4. The Morgan fingerprint density at radius 2 is 1.67 bits per heavy atom. The molecule has 0 amide bonds. The zero-order valence-electron chi connectivity index (χ0n) is 11.9. The number of carboxylic acid groups (broad SMARTS) is 2. The van der Waals surface area contributed by atoms with Gasteiger partial charge in [0.1, 0.15) is 6.04 Å². The number of aliphatic carboxylic acids is 2. The summed E-state index contributed by atoms with van der Waals surface area (Å²) in [7, 11) is 0. The third kappa shape index (κ3) is 17.3. The van der Waals surface area contributed by atoms with E-state index >= 15 is 0 Å². The van der Waals surface area contributed by atoms with Crippen LogP contribution in [0.1, 0.15) is 41.0 Å². The van der Waals surface area contributed by atoms with E-state index in [9.17, 15) is 9.59 Å². The van der Waals surface area contributed by atoms with Crippen molar-refractivity contribution in [3.63, 3.8) is 0 Å². The number of carboxylic acids is 2. The lowest BCUT2D eigenvalue weighted by Gasteiger charge is -2.18. The second-order valence-corrected chi connectivity index (χ2v) is 5.57. The molecule has 0 aromatic rings. The van der Waals surface area contributed by atoms with Crippen molar-refractivity contribution in [1.82, 2.24) is 5.32 Å². The summed E-state index contributed by atoms with van der Waals surface area (Å²) in [6.45, 7) is 9.71. The second kappa shape index (κ2) is 8.88. The van der Waals surface area contributed by atoms with Gasteiger partial charge >= 0.3 is 11.9 Å². The topological polar surface area (TPSA) is 113 Å². The van der Waals surface area contributed by atoms with E-state index in [1.165, 1.54) is 0 Å². The summed E-state index contributed by atoms with van der Waals surface area (Å²) < 4.78 is 0. The smallest absolute Gasteiger partial charge is 0.320 e. The first-order chi connectivity index (χ1) is 7.95. The van der Waals surface area contributed by atoms with Gasteiger partial charge in [0, 0.05) is 5.54 Å². The third-order valence-corrected chi connectivity index (χ3v) is 1.81. The first kappa shape index (κ1) is 19.2. The van der Waals surface area contributed by atoms with Crippen LogP contribution in [-0.4, -0.2) is 40.3 Å². The molecule has 0 bridgehead atoms. The summed E-state index contributed by atoms with van der Waals surface area (Å²) in [5.74, 6) is -1.37. The standard InChI is InChI=1S/2C6H13NO2/c1-6(2,3)7-4-5(8)9;1-4(2)3-5(7)6(8)9/h7H,4H2,1-3H3,(H,8,9);4-5H,3,7H2,1-2H3,(H,8,9). The largest absolute Gasteiger partial charge is 0.480 e. The number of hydrogen-bond donors (Lipinski definition) is 4. The lowest BCUT2D eigenvalue weighted by atomic mass is 10.1. The van der Waals surface area contributed by atoms with Gasteiger partial charge in [-0.05, 0) is 33.1 Å². The molecule has 6 nitrogen and oxygen atoms in total. The zero-order chi connectivity index (χ0) is 14.9. The van der Waals surface area contributed by atoms with Crippen molar-refractivity contribution < 1.29 is 19.8 Å². The van der Waals surface area contributed by atoms with Crippen LogP contribution in [0.5, 0.6) is 0 Å². The first-order valence-electron chi connectivity index (χ1n) is 5.91. The lowest BCUT2D eigenvalue weighted by molar-refractivity contribution is -0.139. The SMILES string of the molecule is CC(C)(C)NCC(=O)O.CC(C)CC(N)C(=O)O. The van der Waals surface area contributed by atoms with Crippen LogP contribution in [0, 0.1) is 5.92 Å². The molecule has 0 aliphatic rings. The van der Waals surface area contributed by atoms with Gasteiger partial charge in [0.2, 0.25) is 0 Å². The average Bonchev–Trinajstić information content (AvgIpc) is 2.13. The Hall–Kier alpha value is -1.14. The van der Waals surface area contributed by atoms with Gasteiger partial charge in [0.15, 0.2) is 0 Å². The highest BCUT2D eigenvalue weighted by molar-refractivity contribution is 5.72. The Morgan fingerprint density at radius 3 is 1.78 bits per heavy atom. The van der Waals surface area contributed by atoms with Crippen LogP contribution in [0.2, 0.25) is 0 Å². The number of nitrogens with one attached hydrogen (secondary N) is 1. The minimum Gasteiger partial charge on any atom is -0.480 e. The molecule has 0 saturated carbocycles. The molecule has 0 aliphatic heterocycles. The number of carbonyl (C=O) groups is 2. The fraction of sp³-hybridized carbons (Fsp3) is 0.833. The summed E-state index contributed by atoms with van der Waals surface area (Å²) >= 11 is 0. The predicted molar refractivity (Wildman–Crippen MR) is 70.5 cm³/mol. The molecular weight excluding hydrogens is 236 g/mol. The summed E-state index contributed by atoms with van der Waals surface area (Å²) in [6.07, 6.45) is 0.551. The van der Waals surface area contributed by atoms with Crippen LogP contribution in [0.15, 0.2) is 0 Å². The van der Waals surface area contributed by atoms with Crippen LogP contribution in [0.3, 0.4) is 0 Å². The van der Waals surface area contributed by atoms with E-state index in [2.05, 4.69) is 5.32 Å². The van der Waals surface area contributed by atoms with Crippen molar-refractivity contribution in [1.29, 1.82) is 0 Å². The highest BCUT2D eigenvalue weighted by Gasteiger charge is 2.12. The maximum Gasteiger partial charge on any atom is 0.320 e. The fourth-order valence-electron chi connectivity index (χ4n) is 0.949. The number of hydrogen-bond acceptors (Lipinski definition) is 4. The van der Waals surface area contributed by atoms with E-state index in [0.717, 1.165) is 0 Å². The third-order valence-electron chi connectivity index (χ3n) is 1.81. The van der Waals surface area contributed by atoms with E-state index < -0.39 is 18.0 Å². The molecule has 1 atom stereocenters. The molecule has 0 radical (unpaired) electrons. The Labute approximate surface area is 109 Å². The minimum absolute atomic E-state index is 0.0312. The number of nitrogens with two attached hydrogens (primary N) is 1. The van der Waals surface area contributed by atoms with Crippen molar-refractivity contribution in [2.24, 2.45) is 11.7 Å². The summed E-state index contributed by atoms with van der Waals surface area (Å²) in [5, 5.41) is 19.3. The molecule has 0 fully saturated rings. The summed E-state index contributed by atoms with van der Waals surface area (Å²) in [4.78, 5) is 20.1. The first-order valence-corrected chi connectivity index (χ1v) is 5.91. The second-order valence-electron chi connectivity index (χ2n) is 5.57. The van der Waals surface area contributed by atoms with E-state index in [4.69, 9.17) is 15.9 Å². The molecule has 0 aliphatic carbocycles. The average molecular weight is 262 g/mol. The van der Waals surface area contributed by atoms with Crippen molar-refractivity contribution in [3.8, 4) is 0 Å². The lowest BCUT2D eigenvalue weighted by Crippen LogP contribution is -2.39. The van der Waals surface area contributed by atoms with Crippen molar-refractivity contribution in [2.45, 2.75) is 52.6 Å². The Morgan fingerprint density at radius 1 is 1.22 bits per heavy atom. The Balaban J connectivity index is 0. The molecule has 18 heavy (non-hydrogen) atoms. The van der Waals surface area contributed by atoms with Crippen LogP contribution in [0.4, 0.5) is 0 Å². The van der Waals surface area contributed by atoms with Gasteiger partial charge in [0.25, 0.3) is 0 Å². The molecule has 5 N–H and O–H groups in total.